The highest BCUT2D eigenvalue weighted by Crippen LogP contribution is 2.29. The predicted octanol–water partition coefficient (Wildman–Crippen LogP) is 4.39. The minimum absolute atomic E-state index is 0.0425. The van der Waals surface area contributed by atoms with E-state index < -0.39 is 5.97 Å². The zero-order valence-corrected chi connectivity index (χ0v) is 17.6. The lowest BCUT2D eigenvalue weighted by molar-refractivity contribution is -0.124. The maximum absolute atomic E-state index is 12.2. The molecule has 0 heterocycles. The van der Waals surface area contributed by atoms with Crippen molar-refractivity contribution in [2.75, 3.05) is 13.7 Å². The Balaban J connectivity index is 1.95. The summed E-state index contributed by atoms with van der Waals surface area (Å²) < 4.78 is 16.2. The van der Waals surface area contributed by atoms with Crippen LogP contribution in [0, 0.1) is 0 Å². The van der Waals surface area contributed by atoms with Gasteiger partial charge in [-0.2, -0.15) is 0 Å². The summed E-state index contributed by atoms with van der Waals surface area (Å²) in [4.78, 5) is 24.1. The van der Waals surface area contributed by atoms with E-state index in [1.54, 1.807) is 18.2 Å². The third kappa shape index (κ3) is 6.98. The normalized spacial score (nSPS) is 11.4. The SMILES string of the molecule is CCC[C@@H](C)NC(=O)COC(=O)c1ccc(OCc2ccccc2Cl)c(OC)c1. The topological polar surface area (TPSA) is 73.9 Å². The van der Waals surface area contributed by atoms with Gasteiger partial charge in [0.25, 0.3) is 5.91 Å². The van der Waals surface area contributed by atoms with Gasteiger partial charge in [0.05, 0.1) is 12.7 Å². The second-order valence-electron chi connectivity index (χ2n) is 6.58. The van der Waals surface area contributed by atoms with E-state index in [0.29, 0.717) is 16.5 Å². The lowest BCUT2D eigenvalue weighted by Gasteiger charge is -2.14. The van der Waals surface area contributed by atoms with Crippen LogP contribution in [0.5, 0.6) is 11.5 Å². The first kappa shape index (κ1) is 22.6. The van der Waals surface area contributed by atoms with Crippen molar-refractivity contribution >= 4 is 23.5 Å². The molecule has 1 N–H and O–H groups in total. The molecule has 7 heteroatoms. The molecule has 0 radical (unpaired) electrons. The molecule has 29 heavy (non-hydrogen) atoms. The van der Waals surface area contributed by atoms with Crippen molar-refractivity contribution in [1.29, 1.82) is 0 Å². The first-order valence-electron chi connectivity index (χ1n) is 9.45. The number of rotatable bonds is 10. The third-order valence-corrected chi connectivity index (χ3v) is 4.57. The van der Waals surface area contributed by atoms with E-state index in [4.69, 9.17) is 25.8 Å². The third-order valence-electron chi connectivity index (χ3n) is 4.20. The minimum atomic E-state index is -0.612. The van der Waals surface area contributed by atoms with Crippen LogP contribution in [0.25, 0.3) is 0 Å². The highest BCUT2D eigenvalue weighted by Gasteiger charge is 2.15. The number of methoxy groups -OCH3 is 1. The van der Waals surface area contributed by atoms with Crippen molar-refractivity contribution in [3.63, 3.8) is 0 Å². The average molecular weight is 420 g/mol. The summed E-state index contributed by atoms with van der Waals surface area (Å²) in [5.41, 5.74) is 1.10. The fourth-order valence-electron chi connectivity index (χ4n) is 2.72. The molecular formula is C22H26ClNO5. The first-order valence-corrected chi connectivity index (χ1v) is 9.83. The van der Waals surface area contributed by atoms with Gasteiger partial charge in [-0.05, 0) is 37.6 Å². The maximum Gasteiger partial charge on any atom is 0.338 e. The van der Waals surface area contributed by atoms with Gasteiger partial charge in [0, 0.05) is 16.6 Å². The van der Waals surface area contributed by atoms with Gasteiger partial charge in [0.15, 0.2) is 18.1 Å². The molecule has 0 saturated carbocycles. The molecule has 6 nitrogen and oxygen atoms in total. The molecule has 0 spiro atoms. The molecule has 156 valence electrons. The van der Waals surface area contributed by atoms with Gasteiger partial charge in [0.2, 0.25) is 0 Å². The Hall–Kier alpha value is -2.73. The lowest BCUT2D eigenvalue weighted by atomic mass is 10.2. The molecule has 0 bridgehead atoms. The highest BCUT2D eigenvalue weighted by molar-refractivity contribution is 6.31. The van der Waals surface area contributed by atoms with E-state index in [-0.39, 0.29) is 30.7 Å². The fourth-order valence-corrected chi connectivity index (χ4v) is 2.91. The Bertz CT molecular complexity index is 840. The number of ether oxygens (including phenoxy) is 3. The molecule has 1 atom stereocenters. The van der Waals surface area contributed by atoms with E-state index in [2.05, 4.69) is 5.32 Å². The Morgan fingerprint density at radius 1 is 1.14 bits per heavy atom. The molecule has 2 rings (SSSR count). The summed E-state index contributed by atoms with van der Waals surface area (Å²) in [5, 5.41) is 3.39. The number of nitrogens with one attached hydrogen (secondary N) is 1. The number of esters is 1. The summed E-state index contributed by atoms with van der Waals surface area (Å²) in [6.07, 6.45) is 1.83. The minimum Gasteiger partial charge on any atom is -0.493 e. The van der Waals surface area contributed by atoms with Crippen LogP contribution in [0.15, 0.2) is 42.5 Å². The molecule has 0 fully saturated rings. The number of carbonyl (C=O) groups excluding carboxylic acids is 2. The van der Waals surface area contributed by atoms with Crippen LogP contribution in [-0.2, 0) is 16.1 Å². The van der Waals surface area contributed by atoms with Crippen LogP contribution in [0.1, 0.15) is 42.6 Å². The van der Waals surface area contributed by atoms with E-state index >= 15 is 0 Å². The summed E-state index contributed by atoms with van der Waals surface area (Å²) in [5.74, 6) is -0.0900. The number of hydrogen-bond donors (Lipinski definition) is 1. The first-order chi connectivity index (χ1) is 13.9. The van der Waals surface area contributed by atoms with E-state index in [1.807, 2.05) is 32.0 Å². The number of hydrogen-bond acceptors (Lipinski definition) is 5. The zero-order chi connectivity index (χ0) is 21.2. The molecule has 0 aromatic heterocycles. The maximum atomic E-state index is 12.2. The van der Waals surface area contributed by atoms with Gasteiger partial charge in [-0.3, -0.25) is 4.79 Å². The van der Waals surface area contributed by atoms with Crippen LogP contribution in [0.4, 0.5) is 0 Å². The molecule has 0 unspecified atom stereocenters. The Kier molecular flexibility index (Phi) is 8.80. The standard InChI is InChI=1S/C22H26ClNO5/c1-4-7-15(2)24-21(25)14-29-22(26)16-10-11-19(20(12-16)27-3)28-13-17-8-5-6-9-18(17)23/h5-6,8-12,15H,4,7,13-14H2,1-3H3,(H,24,25)/t15-/m1/s1. The van der Waals surface area contributed by atoms with Crippen LogP contribution in [0.2, 0.25) is 5.02 Å². The van der Waals surface area contributed by atoms with Gasteiger partial charge in [-0.1, -0.05) is 43.1 Å². The molecule has 2 aromatic rings. The molecule has 0 aliphatic rings. The average Bonchev–Trinajstić information content (AvgIpc) is 2.71. The van der Waals surface area contributed by atoms with Crippen LogP contribution >= 0.6 is 11.6 Å². The van der Waals surface area contributed by atoms with E-state index in [1.165, 1.54) is 13.2 Å². The van der Waals surface area contributed by atoms with E-state index in [0.717, 1.165) is 18.4 Å². The number of carbonyl (C=O) groups is 2. The molecular weight excluding hydrogens is 394 g/mol. The fraction of sp³-hybridized carbons (Fsp3) is 0.364. The Morgan fingerprint density at radius 2 is 1.90 bits per heavy atom. The van der Waals surface area contributed by atoms with Crippen molar-refractivity contribution in [3.05, 3.63) is 58.6 Å². The molecule has 1 amide bonds. The van der Waals surface area contributed by atoms with Gasteiger partial charge in [0.1, 0.15) is 6.61 Å². The summed E-state index contributed by atoms with van der Waals surface area (Å²) in [6, 6.07) is 12.1. The molecule has 0 aliphatic carbocycles. The van der Waals surface area contributed by atoms with Crippen LogP contribution in [0.3, 0.4) is 0 Å². The van der Waals surface area contributed by atoms with Crippen LogP contribution < -0.4 is 14.8 Å². The summed E-state index contributed by atoms with van der Waals surface area (Å²) >= 11 is 6.14. The number of amides is 1. The quantitative estimate of drug-likeness (QED) is 0.578. The van der Waals surface area contributed by atoms with Crippen LogP contribution in [-0.4, -0.2) is 31.6 Å². The van der Waals surface area contributed by atoms with Crippen molar-refractivity contribution < 1.29 is 23.8 Å². The predicted molar refractivity (Wildman–Crippen MR) is 112 cm³/mol. The van der Waals surface area contributed by atoms with E-state index in [9.17, 15) is 9.59 Å². The molecule has 0 saturated heterocycles. The van der Waals surface area contributed by atoms with Crippen molar-refractivity contribution in [2.45, 2.75) is 39.3 Å². The van der Waals surface area contributed by atoms with Gasteiger partial charge in [-0.25, -0.2) is 4.79 Å². The zero-order valence-electron chi connectivity index (χ0n) is 16.9. The smallest absolute Gasteiger partial charge is 0.338 e. The van der Waals surface area contributed by atoms with Crippen molar-refractivity contribution in [3.8, 4) is 11.5 Å². The monoisotopic (exact) mass is 419 g/mol. The molecule has 0 aliphatic heterocycles. The highest BCUT2D eigenvalue weighted by atomic mass is 35.5. The van der Waals surface area contributed by atoms with Gasteiger partial charge >= 0.3 is 5.97 Å². The summed E-state index contributed by atoms with van der Waals surface area (Å²) in [7, 11) is 1.48. The Morgan fingerprint density at radius 3 is 2.59 bits per heavy atom. The molecule has 2 aromatic carbocycles. The van der Waals surface area contributed by atoms with Crippen molar-refractivity contribution in [1.82, 2.24) is 5.32 Å². The summed E-state index contributed by atoms with van der Waals surface area (Å²) in [6.45, 7) is 3.88. The van der Waals surface area contributed by atoms with Gasteiger partial charge < -0.3 is 19.5 Å². The largest absolute Gasteiger partial charge is 0.493 e. The Labute approximate surface area is 176 Å². The lowest BCUT2D eigenvalue weighted by Crippen LogP contribution is -2.35. The second kappa shape index (κ2) is 11.3. The van der Waals surface area contributed by atoms with Crippen molar-refractivity contribution in [2.24, 2.45) is 0 Å². The second-order valence-corrected chi connectivity index (χ2v) is 6.99. The van der Waals surface area contributed by atoms with Gasteiger partial charge in [-0.15, -0.1) is 0 Å². The number of benzene rings is 2. The number of halogens is 1.